The van der Waals surface area contributed by atoms with E-state index in [1.54, 1.807) is 0 Å². The van der Waals surface area contributed by atoms with Crippen LogP contribution in [0.4, 0.5) is 5.69 Å². The fraction of sp³-hybridized carbons (Fsp3) is 0.346. The molecule has 6 nitrogen and oxygen atoms in total. The van der Waals surface area contributed by atoms with Crippen LogP contribution in [0, 0.1) is 6.57 Å². The SMILES string of the molecule is [C-]#[N+]c1ccc2c(c1)CCC(N1CCN(CCc3ccc4c(=O)occc4c3)CC1=O)C2. The lowest BCUT2D eigenvalue weighted by atomic mass is 9.87. The molecule has 5 rings (SSSR count). The third-order valence-corrected chi connectivity index (χ3v) is 6.77. The van der Waals surface area contributed by atoms with Crippen molar-refractivity contribution in [2.24, 2.45) is 0 Å². The first-order chi connectivity index (χ1) is 15.6. The normalized spacial score (nSPS) is 19.0. The minimum atomic E-state index is -0.312. The molecular formula is C26H25N3O3. The van der Waals surface area contributed by atoms with Crippen LogP contribution in [0.3, 0.4) is 0 Å². The molecule has 32 heavy (non-hydrogen) atoms. The summed E-state index contributed by atoms with van der Waals surface area (Å²) < 4.78 is 4.92. The van der Waals surface area contributed by atoms with Crippen molar-refractivity contribution in [2.75, 3.05) is 26.2 Å². The third-order valence-electron chi connectivity index (χ3n) is 6.77. The Bertz CT molecular complexity index is 1270. The van der Waals surface area contributed by atoms with E-state index in [9.17, 15) is 9.59 Å². The number of fused-ring (bicyclic) bond motifs is 2. The summed E-state index contributed by atoms with van der Waals surface area (Å²) in [7, 11) is 0. The minimum Gasteiger partial charge on any atom is -0.431 e. The summed E-state index contributed by atoms with van der Waals surface area (Å²) in [6.07, 6.45) is 5.04. The Kier molecular flexibility index (Phi) is 5.50. The number of amides is 1. The van der Waals surface area contributed by atoms with Gasteiger partial charge in [0.15, 0.2) is 5.69 Å². The molecule has 0 spiro atoms. The van der Waals surface area contributed by atoms with Crippen LogP contribution < -0.4 is 5.63 Å². The quantitative estimate of drug-likeness (QED) is 0.597. The molecule has 1 fully saturated rings. The highest BCUT2D eigenvalue weighted by atomic mass is 16.4. The zero-order chi connectivity index (χ0) is 22.1. The van der Waals surface area contributed by atoms with Crippen molar-refractivity contribution < 1.29 is 9.21 Å². The maximum atomic E-state index is 12.9. The van der Waals surface area contributed by atoms with E-state index in [1.807, 2.05) is 36.4 Å². The highest BCUT2D eigenvalue weighted by Gasteiger charge is 2.31. The lowest BCUT2D eigenvalue weighted by Crippen LogP contribution is -2.55. The van der Waals surface area contributed by atoms with Crippen molar-refractivity contribution in [3.05, 3.63) is 87.3 Å². The largest absolute Gasteiger partial charge is 0.431 e. The first-order valence-electron chi connectivity index (χ1n) is 11.1. The number of rotatable bonds is 4. The molecule has 1 unspecified atom stereocenters. The predicted molar refractivity (Wildman–Crippen MR) is 123 cm³/mol. The van der Waals surface area contributed by atoms with Gasteiger partial charge in [0.2, 0.25) is 5.91 Å². The van der Waals surface area contributed by atoms with Crippen LogP contribution in [0.2, 0.25) is 0 Å². The monoisotopic (exact) mass is 427 g/mol. The zero-order valence-corrected chi connectivity index (χ0v) is 17.9. The van der Waals surface area contributed by atoms with E-state index in [2.05, 4.69) is 20.7 Å². The standard InChI is InChI=1S/C26H25N3O3/c1-27-22-5-3-20-16-23(6-4-19(20)15-22)29-12-11-28(17-25(29)30)10-8-18-2-7-24-21(14-18)9-13-32-26(24)31/h2-3,5,7,9,13-15,23H,4,6,8,10-12,16-17H2. The van der Waals surface area contributed by atoms with E-state index in [0.29, 0.717) is 17.6 Å². The van der Waals surface area contributed by atoms with Gasteiger partial charge in [-0.05, 0) is 54.3 Å². The maximum Gasteiger partial charge on any atom is 0.343 e. The van der Waals surface area contributed by atoms with Crippen molar-refractivity contribution in [2.45, 2.75) is 31.7 Å². The average Bonchev–Trinajstić information content (AvgIpc) is 2.82. The molecule has 1 aliphatic heterocycles. The summed E-state index contributed by atoms with van der Waals surface area (Å²) in [6.45, 7) is 10.1. The summed E-state index contributed by atoms with van der Waals surface area (Å²) in [5.41, 5.74) is 4.07. The van der Waals surface area contributed by atoms with Crippen molar-refractivity contribution in [1.29, 1.82) is 0 Å². The van der Waals surface area contributed by atoms with E-state index in [0.717, 1.165) is 56.3 Å². The molecule has 1 aliphatic carbocycles. The number of aryl methyl sites for hydroxylation is 1. The molecule has 1 aromatic heterocycles. The molecule has 2 heterocycles. The fourth-order valence-electron chi connectivity index (χ4n) is 4.98. The Labute approximate surface area is 186 Å². The summed E-state index contributed by atoms with van der Waals surface area (Å²) in [4.78, 5) is 32.5. The molecular weight excluding hydrogens is 402 g/mol. The molecule has 0 N–H and O–H groups in total. The number of piperazine rings is 1. The minimum absolute atomic E-state index is 0.207. The molecule has 1 atom stereocenters. The second kappa shape index (κ2) is 8.60. The van der Waals surface area contributed by atoms with Crippen LogP contribution in [0.25, 0.3) is 15.6 Å². The number of carbonyl (C=O) groups excluding carboxylic acids is 1. The maximum absolute atomic E-state index is 12.9. The Morgan fingerprint density at radius 3 is 2.81 bits per heavy atom. The van der Waals surface area contributed by atoms with Gasteiger partial charge in [-0.15, -0.1) is 0 Å². The van der Waals surface area contributed by atoms with E-state index >= 15 is 0 Å². The molecule has 162 valence electrons. The Balaban J connectivity index is 1.18. The second-order valence-corrected chi connectivity index (χ2v) is 8.70. The van der Waals surface area contributed by atoms with Crippen molar-refractivity contribution in [3.8, 4) is 0 Å². The van der Waals surface area contributed by atoms with E-state index in [1.165, 1.54) is 17.4 Å². The van der Waals surface area contributed by atoms with Crippen LogP contribution in [0.5, 0.6) is 0 Å². The molecule has 0 bridgehead atoms. The summed E-state index contributed by atoms with van der Waals surface area (Å²) in [5, 5.41) is 1.49. The predicted octanol–water partition coefficient (Wildman–Crippen LogP) is 3.59. The number of hydrogen-bond donors (Lipinski definition) is 0. The topological polar surface area (TPSA) is 58.1 Å². The zero-order valence-electron chi connectivity index (χ0n) is 17.9. The highest BCUT2D eigenvalue weighted by Crippen LogP contribution is 2.29. The van der Waals surface area contributed by atoms with Crippen LogP contribution in [0.1, 0.15) is 23.1 Å². The molecule has 2 aliphatic rings. The smallest absolute Gasteiger partial charge is 0.343 e. The lowest BCUT2D eigenvalue weighted by Gasteiger charge is -2.41. The summed E-state index contributed by atoms with van der Waals surface area (Å²) in [6, 6.07) is 13.8. The first kappa shape index (κ1) is 20.5. The number of nitrogens with zero attached hydrogens (tertiary/aromatic N) is 3. The molecule has 3 aromatic rings. The van der Waals surface area contributed by atoms with Gasteiger partial charge in [0.25, 0.3) is 0 Å². The molecule has 1 saturated heterocycles. The lowest BCUT2D eigenvalue weighted by molar-refractivity contribution is -0.138. The summed E-state index contributed by atoms with van der Waals surface area (Å²) >= 11 is 0. The van der Waals surface area contributed by atoms with Crippen LogP contribution in [-0.4, -0.2) is 47.9 Å². The molecule has 6 heteroatoms. The van der Waals surface area contributed by atoms with Crippen LogP contribution in [-0.2, 0) is 24.1 Å². The van der Waals surface area contributed by atoms with Crippen LogP contribution in [0.15, 0.2) is 57.9 Å². The molecule has 2 aromatic carbocycles. The van der Waals surface area contributed by atoms with Gasteiger partial charge in [0, 0.05) is 25.7 Å². The second-order valence-electron chi connectivity index (χ2n) is 8.70. The summed E-state index contributed by atoms with van der Waals surface area (Å²) in [5.74, 6) is 0.207. The van der Waals surface area contributed by atoms with Crippen LogP contribution >= 0.6 is 0 Å². The number of hydrogen-bond acceptors (Lipinski definition) is 4. The Morgan fingerprint density at radius 2 is 1.97 bits per heavy atom. The molecule has 0 radical (unpaired) electrons. The average molecular weight is 428 g/mol. The van der Waals surface area contributed by atoms with Gasteiger partial charge in [-0.25, -0.2) is 9.64 Å². The van der Waals surface area contributed by atoms with Gasteiger partial charge in [0.1, 0.15) is 0 Å². The van der Waals surface area contributed by atoms with Gasteiger partial charge in [-0.1, -0.05) is 35.9 Å². The van der Waals surface area contributed by atoms with E-state index in [-0.39, 0.29) is 17.6 Å². The first-order valence-corrected chi connectivity index (χ1v) is 11.1. The van der Waals surface area contributed by atoms with Gasteiger partial charge in [0.05, 0.1) is 24.8 Å². The van der Waals surface area contributed by atoms with E-state index in [4.69, 9.17) is 11.0 Å². The fourth-order valence-corrected chi connectivity index (χ4v) is 4.98. The Morgan fingerprint density at radius 1 is 1.06 bits per heavy atom. The van der Waals surface area contributed by atoms with Gasteiger partial charge in [-0.3, -0.25) is 9.69 Å². The number of benzene rings is 2. The molecule has 0 saturated carbocycles. The van der Waals surface area contributed by atoms with Crippen molar-refractivity contribution in [1.82, 2.24) is 9.80 Å². The number of carbonyl (C=O) groups is 1. The van der Waals surface area contributed by atoms with Crippen molar-refractivity contribution in [3.63, 3.8) is 0 Å². The Hall–Kier alpha value is -3.43. The van der Waals surface area contributed by atoms with Gasteiger partial charge < -0.3 is 9.32 Å². The third kappa shape index (κ3) is 4.04. The van der Waals surface area contributed by atoms with Crippen molar-refractivity contribution >= 4 is 22.4 Å². The highest BCUT2D eigenvalue weighted by molar-refractivity contribution is 5.81. The molecule has 1 amide bonds. The van der Waals surface area contributed by atoms with E-state index < -0.39 is 0 Å². The van der Waals surface area contributed by atoms with Gasteiger partial charge in [-0.2, -0.15) is 0 Å². The van der Waals surface area contributed by atoms with Gasteiger partial charge >= 0.3 is 5.63 Å².